The molecule has 0 aliphatic rings. The predicted octanol–water partition coefficient (Wildman–Crippen LogP) is 7.89. The molecule has 36 heavy (non-hydrogen) atoms. The fourth-order valence-electron chi connectivity index (χ4n) is 3.84. The highest BCUT2D eigenvalue weighted by molar-refractivity contribution is 6.33. The van der Waals surface area contributed by atoms with Crippen LogP contribution in [-0.4, -0.2) is 25.2 Å². The first-order valence-corrected chi connectivity index (χ1v) is 12.6. The highest BCUT2D eigenvalue weighted by Crippen LogP contribution is 2.52. The van der Waals surface area contributed by atoms with Gasteiger partial charge in [0.05, 0.1) is 29.2 Å². The number of halogens is 2. The van der Waals surface area contributed by atoms with Gasteiger partial charge in [0.15, 0.2) is 11.5 Å². The van der Waals surface area contributed by atoms with Gasteiger partial charge in [-0.05, 0) is 64.4 Å². The van der Waals surface area contributed by atoms with Crippen molar-refractivity contribution >= 4 is 45.9 Å². The first-order chi connectivity index (χ1) is 17.1. The van der Waals surface area contributed by atoms with Crippen LogP contribution < -0.4 is 18.9 Å². The second-order valence-electron chi connectivity index (χ2n) is 8.77. The van der Waals surface area contributed by atoms with Crippen LogP contribution >= 0.6 is 23.2 Å². The van der Waals surface area contributed by atoms with Gasteiger partial charge in [-0.15, -0.1) is 0 Å². The van der Waals surface area contributed by atoms with E-state index in [0.717, 1.165) is 6.42 Å². The van der Waals surface area contributed by atoms with Crippen LogP contribution in [0.5, 0.6) is 23.0 Å². The van der Waals surface area contributed by atoms with Crippen molar-refractivity contribution in [3.8, 4) is 23.0 Å². The van der Waals surface area contributed by atoms with Gasteiger partial charge in [-0.3, -0.25) is 4.79 Å². The highest BCUT2D eigenvalue weighted by Gasteiger charge is 2.33. The number of benzene rings is 3. The molecule has 8 heteroatoms. The topological polar surface area (TPSA) is 71.1 Å². The Morgan fingerprint density at radius 1 is 0.806 bits per heavy atom. The maximum Gasteiger partial charge on any atom is 0.345 e. The van der Waals surface area contributed by atoms with Gasteiger partial charge in [-0.1, -0.05) is 48.7 Å². The number of hydrogen-bond donors (Lipinski definition) is 0. The zero-order valence-corrected chi connectivity index (χ0v) is 22.6. The molecule has 0 saturated heterocycles. The quantitative estimate of drug-likeness (QED) is 0.195. The normalized spacial score (nSPS) is 11.3. The number of fused-ring (bicyclic) bond motifs is 1. The van der Waals surface area contributed by atoms with Gasteiger partial charge >= 0.3 is 11.9 Å². The van der Waals surface area contributed by atoms with Crippen LogP contribution in [0.2, 0.25) is 10.0 Å². The van der Waals surface area contributed by atoms with Gasteiger partial charge in [-0.2, -0.15) is 0 Å². The standard InChI is InChI=1S/C28H30Cl2O6/c1-6-15-28(4,5)27(32)36-22-18-14-13-17(29)16-20(18)23(25(34-8-3)24(22)33-7-2)35-26(31)19-11-9-10-12-21(19)30/h9-14,16H,6-8,15H2,1-5H3. The molecule has 3 rings (SSSR count). The van der Waals surface area contributed by atoms with Crippen LogP contribution in [0.15, 0.2) is 42.5 Å². The van der Waals surface area contributed by atoms with E-state index in [0.29, 0.717) is 22.2 Å². The van der Waals surface area contributed by atoms with E-state index in [-0.39, 0.29) is 46.8 Å². The van der Waals surface area contributed by atoms with E-state index in [1.54, 1.807) is 56.3 Å². The maximum absolute atomic E-state index is 13.2. The van der Waals surface area contributed by atoms with Crippen molar-refractivity contribution in [2.75, 3.05) is 13.2 Å². The Kier molecular flexibility index (Phi) is 9.09. The van der Waals surface area contributed by atoms with Crippen LogP contribution in [-0.2, 0) is 4.79 Å². The molecule has 3 aromatic rings. The Morgan fingerprint density at radius 3 is 2.00 bits per heavy atom. The summed E-state index contributed by atoms with van der Waals surface area (Å²) < 4.78 is 23.7. The number of carbonyl (C=O) groups excluding carboxylic acids is 2. The van der Waals surface area contributed by atoms with Crippen molar-refractivity contribution in [1.29, 1.82) is 0 Å². The van der Waals surface area contributed by atoms with Crippen molar-refractivity contribution < 1.29 is 28.5 Å². The average molecular weight is 533 g/mol. The molecule has 0 spiro atoms. The molecular formula is C28H30Cl2O6. The molecule has 0 bridgehead atoms. The molecule has 0 atom stereocenters. The van der Waals surface area contributed by atoms with E-state index in [4.69, 9.17) is 42.1 Å². The van der Waals surface area contributed by atoms with E-state index in [1.807, 2.05) is 20.8 Å². The summed E-state index contributed by atoms with van der Waals surface area (Å²) in [5, 5.41) is 1.55. The maximum atomic E-state index is 13.2. The first-order valence-electron chi connectivity index (χ1n) is 11.9. The minimum absolute atomic E-state index is 0.0929. The molecule has 0 radical (unpaired) electrons. The third-order valence-electron chi connectivity index (χ3n) is 5.58. The van der Waals surface area contributed by atoms with Gasteiger partial charge < -0.3 is 18.9 Å². The summed E-state index contributed by atoms with van der Waals surface area (Å²) in [6.45, 7) is 9.74. The summed E-state index contributed by atoms with van der Waals surface area (Å²) in [6, 6.07) is 11.5. The van der Waals surface area contributed by atoms with Crippen LogP contribution in [0, 0.1) is 5.41 Å². The molecule has 0 amide bonds. The summed E-state index contributed by atoms with van der Waals surface area (Å²) in [5.74, 6) is -0.527. The van der Waals surface area contributed by atoms with Gasteiger partial charge in [0.2, 0.25) is 11.5 Å². The lowest BCUT2D eigenvalue weighted by atomic mass is 9.88. The molecule has 3 aromatic carbocycles. The number of rotatable bonds is 10. The Balaban J connectivity index is 2.27. The molecule has 0 aliphatic carbocycles. The predicted molar refractivity (Wildman–Crippen MR) is 142 cm³/mol. The Morgan fingerprint density at radius 2 is 1.42 bits per heavy atom. The Bertz CT molecular complexity index is 1270. The molecule has 0 N–H and O–H groups in total. The second-order valence-corrected chi connectivity index (χ2v) is 9.61. The van der Waals surface area contributed by atoms with E-state index in [1.165, 1.54) is 0 Å². The SMILES string of the molecule is CCCC(C)(C)C(=O)Oc1c(OCC)c(OCC)c(OC(=O)c2ccccc2Cl)c2cc(Cl)ccc12. The average Bonchev–Trinajstić information content (AvgIpc) is 2.83. The van der Waals surface area contributed by atoms with Crippen molar-refractivity contribution in [1.82, 2.24) is 0 Å². The summed E-state index contributed by atoms with van der Waals surface area (Å²) in [5.41, 5.74) is -0.538. The third-order valence-corrected chi connectivity index (χ3v) is 6.14. The Hall–Kier alpha value is -2.96. The lowest BCUT2D eigenvalue weighted by Gasteiger charge is -2.25. The molecular weight excluding hydrogens is 503 g/mol. The fraction of sp³-hybridized carbons (Fsp3) is 0.357. The van der Waals surface area contributed by atoms with Gasteiger partial charge in [0.1, 0.15) is 0 Å². The van der Waals surface area contributed by atoms with Crippen molar-refractivity contribution in [2.45, 2.75) is 47.5 Å². The largest absolute Gasteiger partial charge is 0.487 e. The Labute approximate surface area is 221 Å². The second kappa shape index (κ2) is 11.8. The van der Waals surface area contributed by atoms with Crippen molar-refractivity contribution in [3.05, 3.63) is 58.1 Å². The summed E-state index contributed by atoms with van der Waals surface area (Å²) in [4.78, 5) is 26.3. The lowest BCUT2D eigenvalue weighted by molar-refractivity contribution is -0.144. The molecule has 192 valence electrons. The molecule has 0 saturated carbocycles. The lowest BCUT2D eigenvalue weighted by Crippen LogP contribution is -2.29. The third kappa shape index (κ3) is 5.88. The summed E-state index contributed by atoms with van der Waals surface area (Å²) in [7, 11) is 0. The summed E-state index contributed by atoms with van der Waals surface area (Å²) in [6.07, 6.45) is 1.46. The monoisotopic (exact) mass is 532 g/mol. The van der Waals surface area contributed by atoms with E-state index in [2.05, 4.69) is 0 Å². The van der Waals surface area contributed by atoms with Gasteiger partial charge in [0, 0.05) is 15.8 Å². The number of carbonyl (C=O) groups is 2. The van der Waals surface area contributed by atoms with E-state index < -0.39 is 17.4 Å². The van der Waals surface area contributed by atoms with Crippen LogP contribution in [0.1, 0.15) is 57.8 Å². The molecule has 6 nitrogen and oxygen atoms in total. The number of ether oxygens (including phenoxy) is 4. The van der Waals surface area contributed by atoms with Crippen LogP contribution in [0.25, 0.3) is 10.8 Å². The van der Waals surface area contributed by atoms with E-state index in [9.17, 15) is 9.59 Å². The van der Waals surface area contributed by atoms with Crippen molar-refractivity contribution in [3.63, 3.8) is 0 Å². The minimum atomic E-state index is -0.724. The highest BCUT2D eigenvalue weighted by atomic mass is 35.5. The zero-order valence-electron chi connectivity index (χ0n) is 21.1. The molecule has 0 unspecified atom stereocenters. The minimum Gasteiger partial charge on any atom is -0.487 e. The molecule has 0 heterocycles. The molecule has 0 aromatic heterocycles. The van der Waals surface area contributed by atoms with Crippen molar-refractivity contribution in [2.24, 2.45) is 5.41 Å². The van der Waals surface area contributed by atoms with Crippen LogP contribution in [0.4, 0.5) is 0 Å². The zero-order chi connectivity index (χ0) is 26.5. The molecule has 0 aliphatic heterocycles. The van der Waals surface area contributed by atoms with E-state index >= 15 is 0 Å². The number of esters is 2. The van der Waals surface area contributed by atoms with Gasteiger partial charge in [-0.25, -0.2) is 4.79 Å². The first kappa shape index (κ1) is 27.6. The summed E-state index contributed by atoms with van der Waals surface area (Å²) >= 11 is 12.6. The molecule has 0 fully saturated rings. The van der Waals surface area contributed by atoms with Gasteiger partial charge in [0.25, 0.3) is 0 Å². The van der Waals surface area contributed by atoms with Crippen LogP contribution in [0.3, 0.4) is 0 Å². The number of hydrogen-bond acceptors (Lipinski definition) is 6. The fourth-order valence-corrected chi connectivity index (χ4v) is 4.22. The smallest absolute Gasteiger partial charge is 0.345 e.